The second-order valence-electron chi connectivity index (χ2n) is 22.0. The molecule has 5 aromatic rings. The minimum absolute atomic E-state index is 0.0339. The van der Waals surface area contributed by atoms with Crippen LogP contribution in [-0.4, -0.2) is 67.7 Å². The van der Waals surface area contributed by atoms with E-state index >= 15 is 0 Å². The lowest BCUT2D eigenvalue weighted by Gasteiger charge is -2.31. The Bertz CT molecular complexity index is 3060. The van der Waals surface area contributed by atoms with Crippen molar-refractivity contribution in [2.24, 2.45) is 20.7 Å². The third-order valence-corrected chi connectivity index (χ3v) is 15.3. The van der Waals surface area contributed by atoms with Gasteiger partial charge in [0.15, 0.2) is 27.1 Å². The largest absolute Gasteiger partial charge is 0.466 e. The van der Waals surface area contributed by atoms with Gasteiger partial charge in [0.25, 0.3) is 0 Å². The lowest BCUT2D eigenvalue weighted by Crippen LogP contribution is -2.38. The van der Waals surface area contributed by atoms with Crippen LogP contribution in [0.25, 0.3) is 0 Å². The number of Topliss-reactive ketones (excluding diaryl/α,β-unsaturated/α-hetero) is 2. The number of benzene rings is 3. The molecule has 2 aromatic heterocycles. The molecule has 15 nitrogen and oxygen atoms in total. The molecule has 3 atom stereocenters. The van der Waals surface area contributed by atoms with Crippen molar-refractivity contribution in [3.63, 3.8) is 0 Å². The van der Waals surface area contributed by atoms with Crippen LogP contribution >= 0.6 is 35.3 Å². The minimum atomic E-state index is -0.569. The number of aliphatic imine (C=N–C) groups is 3. The number of furan rings is 2. The fraction of sp³-hybridized carbons (Fsp3) is 0.441. The molecule has 0 fully saturated rings. The Morgan fingerprint density at radius 2 is 0.935 bits per heavy atom. The molecule has 0 spiro atoms. The van der Waals surface area contributed by atoms with Gasteiger partial charge < -0.3 is 29.8 Å². The number of nitrogens with one attached hydrogen (secondary N) is 2. The van der Waals surface area contributed by atoms with Crippen LogP contribution in [0.2, 0.25) is 0 Å². The van der Waals surface area contributed by atoms with Crippen molar-refractivity contribution < 1.29 is 37.5 Å². The molecular weight excluding hydrogens is 1030 g/mol. The summed E-state index contributed by atoms with van der Waals surface area (Å²) < 4.78 is 21.6. The number of ketones is 2. The lowest BCUT2D eigenvalue weighted by atomic mass is 9.88. The summed E-state index contributed by atoms with van der Waals surface area (Å²) in [5.74, 6) is 5.60. The van der Waals surface area contributed by atoms with Crippen molar-refractivity contribution >= 4 is 80.2 Å². The van der Waals surface area contributed by atoms with Crippen LogP contribution in [-0.2, 0) is 38.9 Å². The molecule has 77 heavy (non-hydrogen) atoms. The first-order valence-corrected chi connectivity index (χ1v) is 28.6. The summed E-state index contributed by atoms with van der Waals surface area (Å²) in [6.07, 6.45) is 2.33. The van der Waals surface area contributed by atoms with E-state index in [-0.39, 0.29) is 22.6 Å². The summed E-state index contributed by atoms with van der Waals surface area (Å²) in [4.78, 5) is 63.5. The smallest absolute Gasteiger partial charge is 0.413 e. The van der Waals surface area contributed by atoms with E-state index < -0.39 is 28.9 Å². The van der Waals surface area contributed by atoms with Gasteiger partial charge in [-0.3, -0.25) is 35.2 Å². The molecule has 8 rings (SSSR count). The fourth-order valence-electron chi connectivity index (χ4n) is 8.82. The van der Waals surface area contributed by atoms with Crippen molar-refractivity contribution in [3.8, 4) is 0 Å². The SMILES string of the molecule is CC(C)(C)OC(=O)NC1=N[C@](C)(c2cccc(N)c2)CCS1.Cc1cc(C(=O)Cc2cccc([C@]3(C)CCSC(N)=N3)c2)c(C)o1.Cc1cc(C(=O)Cc2cccc([C@]3(C)CCSC(NC(=O)OC(C)(C)C)=N3)c2)c(C)o1. The van der Waals surface area contributed by atoms with Crippen LogP contribution in [0.5, 0.6) is 0 Å². The number of aryl methyl sites for hydroxylation is 4. The number of hydrogen-bond donors (Lipinski definition) is 4. The lowest BCUT2D eigenvalue weighted by molar-refractivity contribution is 0.0552. The zero-order valence-corrected chi connectivity index (χ0v) is 49.2. The van der Waals surface area contributed by atoms with Gasteiger partial charge in [0.1, 0.15) is 34.2 Å². The van der Waals surface area contributed by atoms with Crippen molar-refractivity contribution in [1.82, 2.24) is 10.6 Å². The molecule has 5 heterocycles. The Balaban J connectivity index is 0.000000190. The zero-order valence-electron chi connectivity index (χ0n) is 46.7. The molecular formula is C59H75N7O8S3. The molecule has 0 bridgehead atoms. The van der Waals surface area contributed by atoms with Crippen LogP contribution in [0.1, 0.15) is 153 Å². The normalized spacial score (nSPS) is 20.4. The number of carbonyl (C=O) groups excluding carboxylic acids is 4. The molecule has 412 valence electrons. The van der Waals surface area contributed by atoms with E-state index in [0.717, 1.165) is 75.9 Å². The van der Waals surface area contributed by atoms with E-state index in [4.69, 9.17) is 39.8 Å². The van der Waals surface area contributed by atoms with Gasteiger partial charge in [0.2, 0.25) is 0 Å². The number of thioether (sulfide) groups is 3. The predicted molar refractivity (Wildman–Crippen MR) is 315 cm³/mol. The first-order chi connectivity index (χ1) is 36.0. The maximum absolute atomic E-state index is 12.8. The van der Waals surface area contributed by atoms with Gasteiger partial charge in [-0.15, -0.1) is 0 Å². The van der Waals surface area contributed by atoms with Crippen LogP contribution < -0.4 is 22.1 Å². The predicted octanol–water partition coefficient (Wildman–Crippen LogP) is 13.0. The first-order valence-electron chi connectivity index (χ1n) is 25.7. The topological polar surface area (TPSA) is 226 Å². The summed E-state index contributed by atoms with van der Waals surface area (Å²) in [7, 11) is 0. The number of rotatable bonds is 9. The van der Waals surface area contributed by atoms with E-state index in [0.29, 0.717) is 56.7 Å². The molecule has 0 saturated carbocycles. The third-order valence-electron chi connectivity index (χ3n) is 12.8. The number of amides is 2. The second kappa shape index (κ2) is 25.0. The quantitative estimate of drug-likeness (QED) is 0.0797. The highest BCUT2D eigenvalue weighted by molar-refractivity contribution is 8.14. The Labute approximate surface area is 466 Å². The Kier molecular flexibility index (Phi) is 19.5. The first kappa shape index (κ1) is 60.0. The minimum Gasteiger partial charge on any atom is -0.466 e. The Morgan fingerprint density at radius 1 is 0.558 bits per heavy atom. The van der Waals surface area contributed by atoms with E-state index in [9.17, 15) is 19.2 Å². The van der Waals surface area contributed by atoms with Crippen molar-refractivity contribution in [2.75, 3.05) is 23.0 Å². The Hall–Kier alpha value is -6.24. The maximum atomic E-state index is 12.8. The van der Waals surface area contributed by atoms with Gasteiger partial charge >= 0.3 is 12.2 Å². The van der Waals surface area contributed by atoms with Crippen LogP contribution in [0.15, 0.2) is 109 Å². The van der Waals surface area contributed by atoms with Gasteiger partial charge in [-0.2, -0.15) is 0 Å². The summed E-state index contributed by atoms with van der Waals surface area (Å²) in [6, 6.07) is 27.4. The van der Waals surface area contributed by atoms with E-state index in [1.54, 1.807) is 17.8 Å². The molecule has 0 aliphatic carbocycles. The van der Waals surface area contributed by atoms with Crippen LogP contribution in [0.4, 0.5) is 15.3 Å². The highest BCUT2D eigenvalue weighted by atomic mass is 32.2. The molecule has 3 aliphatic heterocycles. The van der Waals surface area contributed by atoms with Crippen molar-refractivity contribution in [1.29, 1.82) is 0 Å². The van der Waals surface area contributed by atoms with E-state index in [1.165, 1.54) is 23.5 Å². The van der Waals surface area contributed by atoms with E-state index in [2.05, 4.69) is 41.6 Å². The monoisotopic (exact) mass is 1110 g/mol. The maximum Gasteiger partial charge on any atom is 0.413 e. The number of nitrogen functional groups attached to an aromatic ring is 1. The van der Waals surface area contributed by atoms with Crippen molar-refractivity contribution in [3.05, 3.63) is 147 Å². The van der Waals surface area contributed by atoms with Gasteiger partial charge in [-0.25, -0.2) is 9.59 Å². The average Bonchev–Trinajstić information content (AvgIpc) is 3.87. The standard InChI is InChI=1S/C24H30N2O4S.C19H22N2O2S.C16H23N3O2S/c1-15-12-19(16(2)29-15)20(27)14-17-8-7-9-18(13-17)24(6)10-11-31-21(26-24)25-22(28)30-23(3,4)5;1-12-9-16(13(2)23-12)17(22)11-14-5-4-6-15(10-14)19(3)7-8-24-18(20)21-19;1-15(2,3)21-14(20)18-13-19-16(4,8-9-22-13)11-6-5-7-12(17)10-11/h7-9,12-13H,10-11,14H2,1-6H3,(H,25,26,28);4-6,9-10H,7-8,11H2,1-3H3,(H2,20,21);5-7,10H,8-9,17H2,1-4H3,(H,18,19,20)/t24-;19-;16-/m000/s1. The number of nitrogens with zero attached hydrogens (tertiary/aromatic N) is 3. The number of carbonyl (C=O) groups is 4. The van der Waals surface area contributed by atoms with Gasteiger partial charge in [-0.1, -0.05) is 95.9 Å². The van der Waals surface area contributed by atoms with Gasteiger partial charge in [0.05, 0.1) is 27.7 Å². The molecule has 0 saturated heterocycles. The summed E-state index contributed by atoms with van der Waals surface area (Å²) in [6.45, 7) is 24.5. The fourth-order valence-corrected chi connectivity index (χ4v) is 12.0. The molecule has 18 heteroatoms. The summed E-state index contributed by atoms with van der Waals surface area (Å²) in [5, 5.41) is 7.27. The average molecular weight is 1110 g/mol. The summed E-state index contributed by atoms with van der Waals surface area (Å²) >= 11 is 4.62. The molecule has 0 radical (unpaired) electrons. The molecule has 6 N–H and O–H groups in total. The van der Waals surface area contributed by atoms with Gasteiger partial charge in [0, 0.05) is 35.8 Å². The number of anilines is 1. The highest BCUT2D eigenvalue weighted by Gasteiger charge is 2.34. The summed E-state index contributed by atoms with van der Waals surface area (Å²) in [5.41, 5.74) is 16.6. The number of alkyl carbamates (subject to hydrolysis) is 2. The number of hydrogen-bond acceptors (Lipinski definition) is 16. The van der Waals surface area contributed by atoms with Crippen LogP contribution in [0, 0.1) is 27.7 Å². The molecule has 3 aliphatic rings. The second-order valence-corrected chi connectivity index (χ2v) is 25.3. The Morgan fingerprint density at radius 3 is 1.30 bits per heavy atom. The van der Waals surface area contributed by atoms with E-state index in [1.807, 2.05) is 143 Å². The number of ether oxygens (including phenoxy) is 2. The van der Waals surface area contributed by atoms with Gasteiger partial charge in [-0.05, 0) is 161 Å². The molecule has 2 amide bonds. The number of nitrogens with two attached hydrogens (primary N) is 2. The number of amidine groups is 3. The van der Waals surface area contributed by atoms with Crippen molar-refractivity contribution in [2.45, 2.75) is 150 Å². The zero-order chi connectivity index (χ0) is 56.5. The van der Waals surface area contributed by atoms with Crippen LogP contribution in [0.3, 0.4) is 0 Å². The molecule has 3 aromatic carbocycles. The highest BCUT2D eigenvalue weighted by Crippen LogP contribution is 2.38. The molecule has 0 unspecified atom stereocenters. The third kappa shape index (κ3) is 17.4.